The highest BCUT2D eigenvalue weighted by molar-refractivity contribution is 5.89. The zero-order valence-corrected chi connectivity index (χ0v) is 9.28. The molecule has 2 heterocycles. The molecule has 0 bridgehead atoms. The maximum Gasteiger partial charge on any atom is 0.414 e. The van der Waals surface area contributed by atoms with Gasteiger partial charge in [0.15, 0.2) is 5.82 Å². The molecule has 6 nitrogen and oxygen atoms in total. The van der Waals surface area contributed by atoms with E-state index in [9.17, 15) is 9.18 Å². The van der Waals surface area contributed by atoms with E-state index in [4.69, 9.17) is 4.74 Å². The topological polar surface area (TPSA) is 60.2 Å². The summed E-state index contributed by atoms with van der Waals surface area (Å²) in [7, 11) is 0. The van der Waals surface area contributed by atoms with Gasteiger partial charge in [0.05, 0.1) is 24.6 Å². The van der Waals surface area contributed by atoms with Crippen LogP contribution in [0.15, 0.2) is 30.6 Å². The molecule has 1 saturated heterocycles. The Balaban J connectivity index is 1.96. The Bertz CT molecular complexity index is 585. The average Bonchev–Trinajstić information content (AvgIpc) is 2.99. The third-order valence-electron chi connectivity index (χ3n) is 2.67. The van der Waals surface area contributed by atoms with Crippen LogP contribution in [0, 0.1) is 5.82 Å². The smallest absolute Gasteiger partial charge is 0.414 e. The summed E-state index contributed by atoms with van der Waals surface area (Å²) in [5.74, 6) is -0.474. The molecule has 1 aromatic carbocycles. The number of nitrogens with zero attached hydrogens (tertiary/aromatic N) is 4. The summed E-state index contributed by atoms with van der Waals surface area (Å²) in [5.41, 5.74) is 0.752. The molecule has 3 rings (SSSR count). The van der Waals surface area contributed by atoms with Gasteiger partial charge in [0, 0.05) is 0 Å². The standard InChI is InChI=1S/C11H9FN4O2/c12-9-7-8(15-5-6-18-11(15)17)1-2-10(9)16-4-3-13-14-16/h1-4,7H,5-6H2. The van der Waals surface area contributed by atoms with Gasteiger partial charge in [0.1, 0.15) is 12.3 Å². The predicted octanol–water partition coefficient (Wildman–Crippen LogP) is 1.36. The number of cyclic esters (lactones) is 1. The number of halogens is 1. The summed E-state index contributed by atoms with van der Waals surface area (Å²) < 4.78 is 20.0. The van der Waals surface area contributed by atoms with Gasteiger partial charge in [-0.2, -0.15) is 0 Å². The minimum Gasteiger partial charge on any atom is -0.447 e. The van der Waals surface area contributed by atoms with Crippen LogP contribution >= 0.6 is 0 Å². The van der Waals surface area contributed by atoms with Gasteiger partial charge in [-0.25, -0.2) is 13.9 Å². The average molecular weight is 248 g/mol. The highest BCUT2D eigenvalue weighted by Gasteiger charge is 2.24. The number of aromatic nitrogens is 3. The molecule has 1 aliphatic rings. The van der Waals surface area contributed by atoms with E-state index in [1.807, 2.05) is 0 Å². The number of carbonyl (C=O) groups is 1. The van der Waals surface area contributed by atoms with Gasteiger partial charge in [0.2, 0.25) is 0 Å². The van der Waals surface area contributed by atoms with Crippen molar-refractivity contribution in [2.24, 2.45) is 0 Å². The predicted molar refractivity (Wildman–Crippen MR) is 60.0 cm³/mol. The fourth-order valence-electron chi connectivity index (χ4n) is 1.81. The van der Waals surface area contributed by atoms with Crippen LogP contribution in [-0.2, 0) is 4.74 Å². The normalized spacial score (nSPS) is 14.9. The fourth-order valence-corrected chi connectivity index (χ4v) is 1.81. The first-order valence-electron chi connectivity index (χ1n) is 5.36. The molecule has 0 saturated carbocycles. The van der Waals surface area contributed by atoms with E-state index in [1.54, 1.807) is 18.3 Å². The maximum atomic E-state index is 13.9. The Morgan fingerprint density at radius 2 is 2.28 bits per heavy atom. The lowest BCUT2D eigenvalue weighted by Crippen LogP contribution is -2.23. The highest BCUT2D eigenvalue weighted by atomic mass is 19.1. The van der Waals surface area contributed by atoms with E-state index in [0.717, 1.165) is 0 Å². The van der Waals surface area contributed by atoms with Crippen molar-refractivity contribution in [1.82, 2.24) is 15.0 Å². The molecule has 1 amide bonds. The van der Waals surface area contributed by atoms with Crippen molar-refractivity contribution < 1.29 is 13.9 Å². The molecule has 0 atom stereocenters. The number of anilines is 1. The molecule has 1 aliphatic heterocycles. The number of benzene rings is 1. The third-order valence-corrected chi connectivity index (χ3v) is 2.67. The number of ether oxygens (including phenoxy) is 1. The zero-order chi connectivity index (χ0) is 12.5. The Morgan fingerprint density at radius 1 is 1.39 bits per heavy atom. The summed E-state index contributed by atoms with van der Waals surface area (Å²) in [6.07, 6.45) is 2.55. The van der Waals surface area contributed by atoms with Crippen molar-refractivity contribution >= 4 is 11.8 Å². The van der Waals surface area contributed by atoms with E-state index >= 15 is 0 Å². The van der Waals surface area contributed by atoms with Crippen LogP contribution in [0.25, 0.3) is 5.69 Å². The molecule has 7 heteroatoms. The largest absolute Gasteiger partial charge is 0.447 e. The minimum atomic E-state index is -0.474. The molecule has 0 aliphatic carbocycles. The highest BCUT2D eigenvalue weighted by Crippen LogP contribution is 2.23. The van der Waals surface area contributed by atoms with Crippen molar-refractivity contribution in [2.75, 3.05) is 18.1 Å². The lowest BCUT2D eigenvalue weighted by Gasteiger charge is -2.13. The molecule has 92 valence electrons. The first kappa shape index (κ1) is 10.7. The van der Waals surface area contributed by atoms with Gasteiger partial charge >= 0.3 is 6.09 Å². The molecule has 2 aromatic rings. The number of amides is 1. The van der Waals surface area contributed by atoms with E-state index in [1.165, 1.54) is 21.8 Å². The lowest BCUT2D eigenvalue weighted by atomic mass is 10.2. The second kappa shape index (κ2) is 4.10. The van der Waals surface area contributed by atoms with Crippen LogP contribution in [0.3, 0.4) is 0 Å². The fraction of sp³-hybridized carbons (Fsp3) is 0.182. The molecular formula is C11H9FN4O2. The van der Waals surface area contributed by atoms with Gasteiger partial charge in [0.25, 0.3) is 0 Å². The van der Waals surface area contributed by atoms with Crippen LogP contribution in [0.4, 0.5) is 14.9 Å². The molecule has 0 unspecified atom stereocenters. The Kier molecular flexibility index (Phi) is 2.44. The van der Waals surface area contributed by atoms with E-state index in [0.29, 0.717) is 18.8 Å². The third kappa shape index (κ3) is 1.69. The Labute approximate surface area is 102 Å². The zero-order valence-electron chi connectivity index (χ0n) is 9.28. The molecule has 0 radical (unpaired) electrons. The van der Waals surface area contributed by atoms with Gasteiger partial charge in [-0.3, -0.25) is 4.90 Å². The van der Waals surface area contributed by atoms with Gasteiger partial charge in [-0.1, -0.05) is 5.21 Å². The lowest BCUT2D eigenvalue weighted by molar-refractivity contribution is 0.181. The number of hydrogen-bond acceptors (Lipinski definition) is 4. The van der Waals surface area contributed by atoms with Crippen LogP contribution in [0.2, 0.25) is 0 Å². The Hall–Kier alpha value is -2.44. The van der Waals surface area contributed by atoms with Crippen molar-refractivity contribution in [3.05, 3.63) is 36.4 Å². The summed E-state index contributed by atoms with van der Waals surface area (Å²) >= 11 is 0. The van der Waals surface area contributed by atoms with Gasteiger partial charge in [-0.15, -0.1) is 5.10 Å². The summed E-state index contributed by atoms with van der Waals surface area (Å²) in [6.45, 7) is 0.756. The second-order valence-electron chi connectivity index (χ2n) is 3.75. The number of rotatable bonds is 2. The van der Waals surface area contributed by atoms with Crippen molar-refractivity contribution in [3.63, 3.8) is 0 Å². The van der Waals surface area contributed by atoms with E-state index < -0.39 is 11.9 Å². The number of hydrogen-bond donors (Lipinski definition) is 0. The SMILES string of the molecule is O=C1OCCN1c1ccc(-n2ccnn2)c(F)c1. The first-order chi connectivity index (χ1) is 8.75. The maximum absolute atomic E-state index is 13.9. The molecule has 0 N–H and O–H groups in total. The second-order valence-corrected chi connectivity index (χ2v) is 3.75. The minimum absolute atomic E-state index is 0.281. The van der Waals surface area contributed by atoms with E-state index in [2.05, 4.69) is 10.3 Å². The van der Waals surface area contributed by atoms with E-state index in [-0.39, 0.29) is 5.69 Å². The van der Waals surface area contributed by atoms with Gasteiger partial charge in [-0.05, 0) is 18.2 Å². The summed E-state index contributed by atoms with van der Waals surface area (Å²) in [4.78, 5) is 12.7. The monoisotopic (exact) mass is 248 g/mol. The van der Waals surface area contributed by atoms with Crippen LogP contribution in [0.5, 0.6) is 0 Å². The van der Waals surface area contributed by atoms with Crippen LogP contribution in [-0.4, -0.2) is 34.2 Å². The quantitative estimate of drug-likeness (QED) is 0.805. The molecule has 0 spiro atoms. The molecule has 1 fully saturated rings. The molecule has 18 heavy (non-hydrogen) atoms. The van der Waals surface area contributed by atoms with Crippen LogP contribution < -0.4 is 4.90 Å². The van der Waals surface area contributed by atoms with Crippen LogP contribution in [0.1, 0.15) is 0 Å². The Morgan fingerprint density at radius 3 is 2.89 bits per heavy atom. The van der Waals surface area contributed by atoms with Crippen molar-refractivity contribution in [2.45, 2.75) is 0 Å². The number of carbonyl (C=O) groups excluding carboxylic acids is 1. The van der Waals surface area contributed by atoms with Crippen molar-refractivity contribution in [1.29, 1.82) is 0 Å². The van der Waals surface area contributed by atoms with Crippen molar-refractivity contribution in [3.8, 4) is 5.69 Å². The molecule has 1 aromatic heterocycles. The van der Waals surface area contributed by atoms with Gasteiger partial charge < -0.3 is 4.74 Å². The summed E-state index contributed by atoms with van der Waals surface area (Å²) in [5, 5.41) is 7.32. The summed E-state index contributed by atoms with van der Waals surface area (Å²) in [6, 6.07) is 4.47. The molecular weight excluding hydrogens is 239 g/mol. The first-order valence-corrected chi connectivity index (χ1v) is 5.36.